The highest BCUT2D eigenvalue weighted by molar-refractivity contribution is 5.02. The Morgan fingerprint density at radius 2 is 2.25 bits per heavy atom. The zero-order valence-corrected chi connectivity index (χ0v) is 7.03. The molecular formula is C9H14O3. The van der Waals surface area contributed by atoms with Crippen molar-refractivity contribution < 1.29 is 14.6 Å². The van der Waals surface area contributed by atoms with Crippen LogP contribution in [0.15, 0.2) is 12.2 Å². The first kappa shape index (κ1) is 8.23. The van der Waals surface area contributed by atoms with E-state index in [1.165, 1.54) is 0 Å². The molecule has 0 aromatic rings. The molecule has 0 aromatic heterocycles. The van der Waals surface area contributed by atoms with Gasteiger partial charge in [0, 0.05) is 6.42 Å². The molecule has 0 amide bonds. The molecule has 0 bridgehead atoms. The van der Waals surface area contributed by atoms with Crippen LogP contribution in [0.1, 0.15) is 19.3 Å². The lowest BCUT2D eigenvalue weighted by Crippen LogP contribution is -2.50. The lowest BCUT2D eigenvalue weighted by atomic mass is 9.98. The van der Waals surface area contributed by atoms with Crippen LogP contribution < -0.4 is 0 Å². The normalized spacial score (nSPS) is 41.9. The van der Waals surface area contributed by atoms with Crippen LogP contribution in [0.2, 0.25) is 0 Å². The molecule has 1 fully saturated rings. The van der Waals surface area contributed by atoms with Gasteiger partial charge in [-0.15, -0.1) is 0 Å². The summed E-state index contributed by atoms with van der Waals surface area (Å²) < 4.78 is 11.0. The average molecular weight is 170 g/mol. The van der Waals surface area contributed by atoms with Crippen LogP contribution >= 0.6 is 0 Å². The van der Waals surface area contributed by atoms with E-state index in [0.717, 1.165) is 19.3 Å². The van der Waals surface area contributed by atoms with Crippen molar-refractivity contribution in [2.75, 3.05) is 13.2 Å². The number of hydrogen-bond acceptors (Lipinski definition) is 3. The lowest BCUT2D eigenvalue weighted by Gasteiger charge is -2.40. The van der Waals surface area contributed by atoms with Crippen molar-refractivity contribution in [3.63, 3.8) is 0 Å². The number of aliphatic hydroxyl groups is 1. The highest BCUT2D eigenvalue weighted by Gasteiger charge is 2.41. The van der Waals surface area contributed by atoms with Gasteiger partial charge in [0.05, 0.1) is 13.2 Å². The fourth-order valence-electron chi connectivity index (χ4n) is 1.74. The van der Waals surface area contributed by atoms with E-state index in [0.29, 0.717) is 13.2 Å². The van der Waals surface area contributed by atoms with Crippen molar-refractivity contribution in [3.05, 3.63) is 12.2 Å². The van der Waals surface area contributed by atoms with Crippen LogP contribution in [0.5, 0.6) is 0 Å². The number of aliphatic hydroxyl groups excluding tert-OH is 1. The summed E-state index contributed by atoms with van der Waals surface area (Å²) in [5.41, 5.74) is 0. The quantitative estimate of drug-likeness (QED) is 0.547. The minimum absolute atomic E-state index is 0.553. The zero-order valence-electron chi connectivity index (χ0n) is 7.03. The average Bonchev–Trinajstić information content (AvgIpc) is 2.12. The summed E-state index contributed by atoms with van der Waals surface area (Å²) in [6.07, 6.45) is 5.94. The second-order valence-electron chi connectivity index (χ2n) is 3.30. The Labute approximate surface area is 72.0 Å². The smallest absolute Gasteiger partial charge is 0.198 e. The SMILES string of the molecule is OC1C=CCO[C@@]12CCCCO2. The Hall–Kier alpha value is -0.380. The maximum absolute atomic E-state index is 9.65. The van der Waals surface area contributed by atoms with Gasteiger partial charge in [-0.2, -0.15) is 0 Å². The minimum Gasteiger partial charge on any atom is -0.383 e. The summed E-state index contributed by atoms with van der Waals surface area (Å²) in [6, 6.07) is 0. The van der Waals surface area contributed by atoms with Gasteiger partial charge in [0.2, 0.25) is 0 Å². The van der Waals surface area contributed by atoms with Crippen molar-refractivity contribution in [1.29, 1.82) is 0 Å². The molecule has 3 heteroatoms. The van der Waals surface area contributed by atoms with Crippen LogP contribution in [0.3, 0.4) is 0 Å². The van der Waals surface area contributed by atoms with Gasteiger partial charge in [0.1, 0.15) is 6.10 Å². The fraction of sp³-hybridized carbons (Fsp3) is 0.778. The van der Waals surface area contributed by atoms with Gasteiger partial charge in [-0.05, 0) is 12.8 Å². The molecule has 2 rings (SSSR count). The number of hydrogen-bond donors (Lipinski definition) is 1. The summed E-state index contributed by atoms with van der Waals surface area (Å²) >= 11 is 0. The standard InChI is InChI=1S/C9H14O3/c10-8-4-3-7-12-9(8)5-1-2-6-11-9/h3-4,8,10H,1-2,5-7H2/t8?,9-/m0/s1. The maximum Gasteiger partial charge on any atom is 0.198 e. The van der Waals surface area contributed by atoms with E-state index in [-0.39, 0.29) is 0 Å². The minimum atomic E-state index is -0.715. The van der Waals surface area contributed by atoms with E-state index in [1.807, 2.05) is 6.08 Å². The van der Waals surface area contributed by atoms with E-state index in [4.69, 9.17) is 9.47 Å². The molecule has 1 unspecified atom stereocenters. The van der Waals surface area contributed by atoms with Gasteiger partial charge in [-0.25, -0.2) is 0 Å². The Kier molecular flexibility index (Phi) is 2.17. The first-order valence-corrected chi connectivity index (χ1v) is 4.46. The lowest BCUT2D eigenvalue weighted by molar-refractivity contribution is -0.289. The van der Waals surface area contributed by atoms with Crippen LogP contribution in [-0.2, 0) is 9.47 Å². The van der Waals surface area contributed by atoms with E-state index in [1.54, 1.807) is 6.08 Å². The topological polar surface area (TPSA) is 38.7 Å². The Bertz CT molecular complexity index is 182. The van der Waals surface area contributed by atoms with Gasteiger partial charge < -0.3 is 14.6 Å². The molecule has 2 aliphatic heterocycles. The third-order valence-electron chi connectivity index (χ3n) is 2.46. The predicted molar refractivity (Wildman–Crippen MR) is 43.6 cm³/mol. The molecule has 1 N–H and O–H groups in total. The summed E-state index contributed by atoms with van der Waals surface area (Å²) in [4.78, 5) is 0. The van der Waals surface area contributed by atoms with Crippen molar-refractivity contribution in [3.8, 4) is 0 Å². The summed E-state index contributed by atoms with van der Waals surface area (Å²) in [6.45, 7) is 1.25. The molecule has 3 nitrogen and oxygen atoms in total. The molecule has 2 aliphatic rings. The molecule has 1 spiro atoms. The maximum atomic E-state index is 9.65. The Balaban J connectivity index is 2.11. The van der Waals surface area contributed by atoms with Gasteiger partial charge >= 0.3 is 0 Å². The van der Waals surface area contributed by atoms with E-state index >= 15 is 0 Å². The summed E-state index contributed by atoms with van der Waals surface area (Å²) in [7, 11) is 0. The van der Waals surface area contributed by atoms with Crippen LogP contribution in [0, 0.1) is 0 Å². The van der Waals surface area contributed by atoms with Gasteiger partial charge in [0.15, 0.2) is 5.79 Å². The molecule has 2 atom stereocenters. The molecule has 2 heterocycles. The van der Waals surface area contributed by atoms with Crippen LogP contribution in [0.25, 0.3) is 0 Å². The Morgan fingerprint density at radius 1 is 1.33 bits per heavy atom. The molecule has 0 radical (unpaired) electrons. The highest BCUT2D eigenvalue weighted by Crippen LogP contribution is 2.32. The van der Waals surface area contributed by atoms with Crippen LogP contribution in [0.4, 0.5) is 0 Å². The molecule has 0 aromatic carbocycles. The van der Waals surface area contributed by atoms with Crippen molar-refractivity contribution in [2.24, 2.45) is 0 Å². The predicted octanol–water partition coefficient (Wildman–Crippen LogP) is 0.831. The second kappa shape index (κ2) is 3.17. The van der Waals surface area contributed by atoms with Gasteiger partial charge in [0.25, 0.3) is 0 Å². The van der Waals surface area contributed by atoms with Gasteiger partial charge in [-0.3, -0.25) is 0 Å². The third kappa shape index (κ3) is 1.28. The van der Waals surface area contributed by atoms with Crippen molar-refractivity contribution in [2.45, 2.75) is 31.2 Å². The van der Waals surface area contributed by atoms with Gasteiger partial charge in [-0.1, -0.05) is 12.2 Å². The largest absolute Gasteiger partial charge is 0.383 e. The highest BCUT2D eigenvalue weighted by atomic mass is 16.7. The first-order chi connectivity index (χ1) is 5.83. The number of rotatable bonds is 0. The number of ether oxygens (including phenoxy) is 2. The summed E-state index contributed by atoms with van der Waals surface area (Å²) in [5.74, 6) is -0.715. The molecular weight excluding hydrogens is 156 g/mol. The van der Waals surface area contributed by atoms with E-state index < -0.39 is 11.9 Å². The first-order valence-electron chi connectivity index (χ1n) is 4.46. The molecule has 68 valence electrons. The molecule has 0 saturated carbocycles. The molecule has 0 aliphatic carbocycles. The van der Waals surface area contributed by atoms with E-state index in [9.17, 15) is 5.11 Å². The molecule has 12 heavy (non-hydrogen) atoms. The van der Waals surface area contributed by atoms with Crippen molar-refractivity contribution >= 4 is 0 Å². The molecule has 1 saturated heterocycles. The fourth-order valence-corrected chi connectivity index (χ4v) is 1.74. The summed E-state index contributed by atoms with van der Waals surface area (Å²) in [5, 5.41) is 9.65. The second-order valence-corrected chi connectivity index (χ2v) is 3.30. The monoisotopic (exact) mass is 170 g/mol. The zero-order chi connectivity index (χ0) is 8.44. The Morgan fingerprint density at radius 3 is 2.92 bits per heavy atom. The van der Waals surface area contributed by atoms with E-state index in [2.05, 4.69) is 0 Å². The van der Waals surface area contributed by atoms with Crippen LogP contribution in [-0.4, -0.2) is 30.2 Å². The third-order valence-corrected chi connectivity index (χ3v) is 2.46. The van der Waals surface area contributed by atoms with Crippen molar-refractivity contribution in [1.82, 2.24) is 0 Å².